The van der Waals surface area contributed by atoms with E-state index < -0.39 is 0 Å². The van der Waals surface area contributed by atoms with Crippen molar-refractivity contribution < 1.29 is 0 Å². The fourth-order valence-corrected chi connectivity index (χ4v) is 3.33. The van der Waals surface area contributed by atoms with Crippen molar-refractivity contribution in [1.82, 2.24) is 9.55 Å². The van der Waals surface area contributed by atoms with Gasteiger partial charge in [0.25, 0.3) is 0 Å². The van der Waals surface area contributed by atoms with Gasteiger partial charge in [0.2, 0.25) is 0 Å². The van der Waals surface area contributed by atoms with E-state index in [2.05, 4.69) is 44.5 Å². The van der Waals surface area contributed by atoms with E-state index in [1.54, 1.807) is 0 Å². The average molecular weight is 368 g/mol. The Labute approximate surface area is 135 Å². The number of hydrogen-bond donors (Lipinski definition) is 1. The number of fused-ring (bicyclic) bond motifs is 1. The predicted octanol–water partition coefficient (Wildman–Crippen LogP) is 5.72. The second-order valence-electron chi connectivity index (χ2n) is 4.69. The van der Waals surface area contributed by atoms with Gasteiger partial charge >= 0.3 is 0 Å². The Kier molecular flexibility index (Phi) is 3.71. The molecule has 1 atom stereocenters. The summed E-state index contributed by atoms with van der Waals surface area (Å²) in [5, 5.41) is 0.739. The van der Waals surface area contributed by atoms with Crippen LogP contribution in [0.1, 0.15) is 18.5 Å². The predicted molar refractivity (Wildman–Crippen MR) is 90.1 cm³/mol. The molecule has 0 aliphatic carbocycles. The molecule has 0 bridgehead atoms. The Bertz CT molecular complexity index is 837. The molecule has 0 radical (unpaired) electrons. The molecule has 0 fully saturated rings. The Morgan fingerprint density at radius 2 is 2.05 bits per heavy atom. The molecule has 102 valence electrons. The first kappa shape index (κ1) is 13.9. The van der Waals surface area contributed by atoms with E-state index in [-0.39, 0.29) is 6.04 Å². The van der Waals surface area contributed by atoms with Crippen molar-refractivity contribution in [2.24, 2.45) is 0 Å². The summed E-state index contributed by atoms with van der Waals surface area (Å²) < 4.78 is 3.86. The highest BCUT2D eigenvalue weighted by atomic mass is 79.9. The van der Waals surface area contributed by atoms with Crippen LogP contribution in [0.25, 0.3) is 11.0 Å². The number of benzene rings is 2. The van der Waals surface area contributed by atoms with E-state index >= 15 is 0 Å². The zero-order valence-corrected chi connectivity index (χ0v) is 13.9. The Balaban J connectivity index is 2.19. The number of rotatable bonds is 2. The topological polar surface area (TPSA) is 20.7 Å². The van der Waals surface area contributed by atoms with E-state index in [4.69, 9.17) is 23.8 Å². The summed E-state index contributed by atoms with van der Waals surface area (Å²) >= 11 is 15.0. The van der Waals surface area contributed by atoms with Crippen LogP contribution in [-0.2, 0) is 0 Å². The van der Waals surface area contributed by atoms with Crippen LogP contribution < -0.4 is 0 Å². The Hall–Kier alpha value is -1.10. The van der Waals surface area contributed by atoms with Gasteiger partial charge in [-0.3, -0.25) is 0 Å². The highest BCUT2D eigenvalue weighted by Gasteiger charge is 2.13. The maximum atomic E-state index is 6.08. The summed E-state index contributed by atoms with van der Waals surface area (Å²) in [7, 11) is 0. The third-order valence-corrected chi connectivity index (χ3v) is 4.42. The molecule has 2 nitrogen and oxygen atoms in total. The number of hydrogen-bond acceptors (Lipinski definition) is 1. The van der Waals surface area contributed by atoms with E-state index in [9.17, 15) is 0 Å². The lowest BCUT2D eigenvalue weighted by molar-refractivity contribution is 0.649. The first-order valence-electron chi connectivity index (χ1n) is 6.21. The zero-order valence-electron chi connectivity index (χ0n) is 10.7. The molecular weight excluding hydrogens is 356 g/mol. The van der Waals surface area contributed by atoms with Crippen molar-refractivity contribution in [1.29, 1.82) is 0 Å². The average Bonchev–Trinajstić information content (AvgIpc) is 2.73. The summed E-state index contributed by atoms with van der Waals surface area (Å²) in [5.41, 5.74) is 3.25. The minimum Gasteiger partial charge on any atom is -0.331 e. The van der Waals surface area contributed by atoms with Gasteiger partial charge in [0.15, 0.2) is 4.77 Å². The molecule has 2 aromatic carbocycles. The fourth-order valence-electron chi connectivity index (χ4n) is 2.40. The third-order valence-electron chi connectivity index (χ3n) is 3.40. The lowest BCUT2D eigenvalue weighted by Crippen LogP contribution is -2.06. The highest BCUT2D eigenvalue weighted by Crippen LogP contribution is 2.27. The maximum Gasteiger partial charge on any atom is 0.178 e. The largest absolute Gasteiger partial charge is 0.331 e. The van der Waals surface area contributed by atoms with Crippen LogP contribution in [0, 0.1) is 4.77 Å². The van der Waals surface area contributed by atoms with Crippen LogP contribution >= 0.6 is 39.7 Å². The molecule has 1 aromatic heterocycles. The third kappa shape index (κ3) is 2.43. The molecule has 0 saturated heterocycles. The van der Waals surface area contributed by atoms with Crippen LogP contribution in [-0.4, -0.2) is 9.55 Å². The molecule has 0 saturated carbocycles. The van der Waals surface area contributed by atoms with Gasteiger partial charge in [0.1, 0.15) is 0 Å². The van der Waals surface area contributed by atoms with Gasteiger partial charge in [0.05, 0.1) is 17.1 Å². The summed E-state index contributed by atoms with van der Waals surface area (Å²) in [6, 6.07) is 14.1. The summed E-state index contributed by atoms with van der Waals surface area (Å²) in [6.45, 7) is 2.12. The van der Waals surface area contributed by atoms with Crippen molar-refractivity contribution in [3.63, 3.8) is 0 Å². The van der Waals surface area contributed by atoms with Crippen molar-refractivity contribution in [3.8, 4) is 0 Å². The molecule has 5 heteroatoms. The first-order chi connectivity index (χ1) is 9.56. The maximum absolute atomic E-state index is 6.08. The molecule has 3 rings (SSSR count). The quantitative estimate of drug-likeness (QED) is 0.574. The molecular formula is C15H12BrClN2S. The van der Waals surface area contributed by atoms with Gasteiger partial charge in [-0.05, 0) is 55.0 Å². The SMILES string of the molecule is CC(c1cccc(Cl)c1)n1c(=S)[nH]c2cc(Br)ccc21. The van der Waals surface area contributed by atoms with Gasteiger partial charge in [-0.15, -0.1) is 0 Å². The molecule has 0 aliphatic rings. The van der Waals surface area contributed by atoms with Gasteiger partial charge in [-0.2, -0.15) is 0 Å². The zero-order chi connectivity index (χ0) is 14.3. The number of aromatic amines is 1. The number of H-pyrrole nitrogens is 1. The van der Waals surface area contributed by atoms with Crippen LogP contribution in [0.5, 0.6) is 0 Å². The molecule has 1 heterocycles. The minimum atomic E-state index is 0.121. The molecule has 0 aliphatic heterocycles. The van der Waals surface area contributed by atoms with E-state index in [0.29, 0.717) is 4.77 Å². The molecule has 0 amide bonds. The van der Waals surface area contributed by atoms with Crippen LogP contribution in [0.3, 0.4) is 0 Å². The van der Waals surface area contributed by atoms with Crippen molar-refractivity contribution >= 4 is 50.8 Å². The normalized spacial score (nSPS) is 12.8. The van der Waals surface area contributed by atoms with Crippen LogP contribution in [0.4, 0.5) is 0 Å². The molecule has 20 heavy (non-hydrogen) atoms. The first-order valence-corrected chi connectivity index (χ1v) is 7.79. The molecule has 1 unspecified atom stereocenters. The number of nitrogens with zero attached hydrogens (tertiary/aromatic N) is 1. The number of halogens is 2. The second-order valence-corrected chi connectivity index (χ2v) is 6.43. The summed E-state index contributed by atoms with van der Waals surface area (Å²) in [6.07, 6.45) is 0. The number of aromatic nitrogens is 2. The van der Waals surface area contributed by atoms with Gasteiger partial charge in [-0.25, -0.2) is 0 Å². The highest BCUT2D eigenvalue weighted by molar-refractivity contribution is 9.10. The van der Waals surface area contributed by atoms with E-state index in [1.807, 2.05) is 30.3 Å². The fraction of sp³-hybridized carbons (Fsp3) is 0.133. The van der Waals surface area contributed by atoms with E-state index in [0.717, 1.165) is 26.1 Å². The monoisotopic (exact) mass is 366 g/mol. The van der Waals surface area contributed by atoms with Crippen molar-refractivity contribution in [2.75, 3.05) is 0 Å². The van der Waals surface area contributed by atoms with Crippen molar-refractivity contribution in [3.05, 3.63) is 62.3 Å². The van der Waals surface area contributed by atoms with Crippen LogP contribution in [0.15, 0.2) is 46.9 Å². The Morgan fingerprint density at radius 1 is 1.25 bits per heavy atom. The standard InChI is InChI=1S/C15H12BrClN2S/c1-9(10-3-2-4-12(17)7-10)19-14-6-5-11(16)8-13(14)18-15(19)20/h2-9H,1H3,(H,18,20). The van der Waals surface area contributed by atoms with E-state index in [1.165, 1.54) is 0 Å². The van der Waals surface area contributed by atoms with Gasteiger partial charge < -0.3 is 9.55 Å². The lowest BCUT2D eigenvalue weighted by Gasteiger charge is -2.15. The number of imidazole rings is 1. The van der Waals surface area contributed by atoms with Gasteiger partial charge in [0, 0.05) is 9.50 Å². The Morgan fingerprint density at radius 3 is 2.80 bits per heavy atom. The smallest absolute Gasteiger partial charge is 0.178 e. The molecule has 0 spiro atoms. The number of nitrogens with one attached hydrogen (secondary N) is 1. The summed E-state index contributed by atoms with van der Waals surface area (Å²) in [5.74, 6) is 0. The summed E-state index contributed by atoms with van der Waals surface area (Å²) in [4.78, 5) is 3.25. The second kappa shape index (κ2) is 5.35. The molecule has 3 aromatic rings. The minimum absolute atomic E-state index is 0.121. The van der Waals surface area contributed by atoms with Crippen LogP contribution in [0.2, 0.25) is 5.02 Å². The van der Waals surface area contributed by atoms with Gasteiger partial charge in [-0.1, -0.05) is 39.7 Å². The van der Waals surface area contributed by atoms with Crippen molar-refractivity contribution in [2.45, 2.75) is 13.0 Å². The lowest BCUT2D eigenvalue weighted by atomic mass is 10.1. The molecule has 1 N–H and O–H groups in total.